The highest BCUT2D eigenvalue weighted by Crippen LogP contribution is 2.32. The first-order valence-corrected chi connectivity index (χ1v) is 12.8. The van der Waals surface area contributed by atoms with E-state index in [-0.39, 0.29) is 0 Å². The number of thiophene rings is 1. The Hall–Kier alpha value is -3.16. The molecule has 5 rings (SSSR count). The predicted octanol–water partition coefficient (Wildman–Crippen LogP) is 5.37. The van der Waals surface area contributed by atoms with Crippen molar-refractivity contribution < 1.29 is 4.74 Å². The lowest BCUT2D eigenvalue weighted by Crippen LogP contribution is -2.46. The zero-order chi connectivity index (χ0) is 23.3. The Morgan fingerprint density at radius 2 is 1.71 bits per heavy atom. The van der Waals surface area contributed by atoms with Gasteiger partial charge in [0, 0.05) is 37.6 Å². The highest BCUT2D eigenvalue weighted by atomic mass is 32.1. The zero-order valence-electron chi connectivity index (χ0n) is 19.8. The van der Waals surface area contributed by atoms with Crippen LogP contribution in [0.25, 0.3) is 10.2 Å². The number of aryl methyl sites for hydroxylation is 2. The summed E-state index contributed by atoms with van der Waals surface area (Å²) in [5, 5.41) is 5.73. The second kappa shape index (κ2) is 10.4. The maximum atomic E-state index is 5.26. The standard InChI is InChI=1S/C27H31N5OS/c1-3-31-14-16-32(17-15-31)23-10-8-22(9-11-23)30-27-26-25(28-19-29-27)21(18-34-26)7-4-20-5-12-24(33-2)13-6-20/h5-6,8-13,18-19H,3-4,7,14-17H2,1-2H3,(H,28,29,30). The second-order valence-corrected chi connectivity index (χ2v) is 9.48. The molecule has 0 saturated carbocycles. The van der Waals surface area contributed by atoms with Crippen LogP contribution in [0.1, 0.15) is 18.1 Å². The van der Waals surface area contributed by atoms with Gasteiger partial charge in [-0.05, 0) is 72.3 Å². The van der Waals surface area contributed by atoms with Crippen LogP contribution in [0.4, 0.5) is 17.2 Å². The molecule has 7 heteroatoms. The molecule has 1 saturated heterocycles. The van der Waals surface area contributed by atoms with Crippen molar-refractivity contribution in [3.63, 3.8) is 0 Å². The number of piperazine rings is 1. The van der Waals surface area contributed by atoms with E-state index >= 15 is 0 Å². The normalized spacial score (nSPS) is 14.5. The van der Waals surface area contributed by atoms with Gasteiger partial charge in [-0.25, -0.2) is 9.97 Å². The number of likely N-dealkylation sites (N-methyl/N-ethyl adjacent to an activating group) is 1. The van der Waals surface area contributed by atoms with Crippen LogP contribution in [0, 0.1) is 0 Å². The minimum atomic E-state index is 0.870. The van der Waals surface area contributed by atoms with Crippen molar-refractivity contribution in [3.8, 4) is 5.75 Å². The maximum Gasteiger partial charge on any atom is 0.151 e. The molecule has 1 N–H and O–H groups in total. The highest BCUT2D eigenvalue weighted by molar-refractivity contribution is 7.18. The van der Waals surface area contributed by atoms with E-state index in [1.807, 2.05) is 12.1 Å². The maximum absolute atomic E-state index is 5.26. The summed E-state index contributed by atoms with van der Waals surface area (Å²) in [5.41, 5.74) is 5.93. The largest absolute Gasteiger partial charge is 0.497 e. The van der Waals surface area contributed by atoms with Gasteiger partial charge in [-0.1, -0.05) is 19.1 Å². The average Bonchev–Trinajstić information content (AvgIpc) is 3.32. The van der Waals surface area contributed by atoms with Gasteiger partial charge in [-0.15, -0.1) is 11.3 Å². The number of fused-ring (bicyclic) bond motifs is 1. The number of methoxy groups -OCH3 is 1. The number of nitrogens with one attached hydrogen (secondary N) is 1. The predicted molar refractivity (Wildman–Crippen MR) is 142 cm³/mol. The summed E-state index contributed by atoms with van der Waals surface area (Å²) in [5.74, 6) is 1.76. The molecule has 0 spiro atoms. The van der Waals surface area contributed by atoms with Gasteiger partial charge in [0.2, 0.25) is 0 Å². The summed E-state index contributed by atoms with van der Waals surface area (Å²) in [7, 11) is 1.70. The Balaban J connectivity index is 1.26. The molecule has 0 unspecified atom stereocenters. The molecule has 1 aliphatic heterocycles. The fourth-order valence-corrected chi connectivity index (χ4v) is 5.45. The number of hydrogen-bond acceptors (Lipinski definition) is 7. The molecule has 1 fully saturated rings. The molecule has 176 valence electrons. The first-order valence-electron chi connectivity index (χ1n) is 11.9. The Morgan fingerprint density at radius 3 is 2.41 bits per heavy atom. The SMILES string of the molecule is CCN1CCN(c2ccc(Nc3ncnc4c(CCc5ccc(OC)cc5)csc34)cc2)CC1. The highest BCUT2D eigenvalue weighted by Gasteiger charge is 2.16. The summed E-state index contributed by atoms with van der Waals surface area (Å²) in [6, 6.07) is 17.0. The monoisotopic (exact) mass is 473 g/mol. The van der Waals surface area contributed by atoms with Crippen LogP contribution in [0.15, 0.2) is 60.2 Å². The molecular formula is C27H31N5OS. The van der Waals surface area contributed by atoms with E-state index in [2.05, 4.69) is 73.8 Å². The molecular weight excluding hydrogens is 442 g/mol. The number of anilines is 3. The van der Waals surface area contributed by atoms with E-state index in [9.17, 15) is 0 Å². The minimum absolute atomic E-state index is 0.870. The van der Waals surface area contributed by atoms with E-state index < -0.39 is 0 Å². The number of hydrogen-bond donors (Lipinski definition) is 1. The van der Waals surface area contributed by atoms with Gasteiger partial charge in [0.25, 0.3) is 0 Å². The molecule has 34 heavy (non-hydrogen) atoms. The number of rotatable bonds is 8. The van der Waals surface area contributed by atoms with Gasteiger partial charge < -0.3 is 19.9 Å². The van der Waals surface area contributed by atoms with Crippen molar-refractivity contribution >= 4 is 38.7 Å². The smallest absolute Gasteiger partial charge is 0.151 e. The van der Waals surface area contributed by atoms with Crippen LogP contribution >= 0.6 is 11.3 Å². The van der Waals surface area contributed by atoms with E-state index in [4.69, 9.17) is 4.74 Å². The lowest BCUT2D eigenvalue weighted by Gasteiger charge is -2.35. The molecule has 2 aromatic heterocycles. The number of ether oxygens (including phenoxy) is 1. The molecule has 0 amide bonds. The summed E-state index contributed by atoms with van der Waals surface area (Å²) in [4.78, 5) is 14.1. The Kier molecular flexibility index (Phi) is 6.92. The zero-order valence-corrected chi connectivity index (χ0v) is 20.6. The Bertz CT molecular complexity index is 1210. The van der Waals surface area contributed by atoms with Crippen molar-refractivity contribution in [2.75, 3.05) is 50.1 Å². The molecule has 0 aliphatic carbocycles. The van der Waals surface area contributed by atoms with Gasteiger partial charge >= 0.3 is 0 Å². The van der Waals surface area contributed by atoms with E-state index in [0.29, 0.717) is 0 Å². The molecule has 1 aliphatic rings. The molecule has 0 radical (unpaired) electrons. The topological polar surface area (TPSA) is 53.5 Å². The molecule has 6 nitrogen and oxygen atoms in total. The second-order valence-electron chi connectivity index (χ2n) is 8.60. The minimum Gasteiger partial charge on any atom is -0.497 e. The van der Waals surface area contributed by atoms with Gasteiger partial charge in [0.05, 0.1) is 17.3 Å². The van der Waals surface area contributed by atoms with Crippen molar-refractivity contribution in [3.05, 3.63) is 71.4 Å². The molecule has 0 bridgehead atoms. The van der Waals surface area contributed by atoms with Gasteiger partial charge in [0.15, 0.2) is 5.82 Å². The van der Waals surface area contributed by atoms with Crippen molar-refractivity contribution in [1.82, 2.24) is 14.9 Å². The summed E-state index contributed by atoms with van der Waals surface area (Å²) in [6.07, 6.45) is 3.58. The first-order chi connectivity index (χ1) is 16.7. The fourth-order valence-electron chi connectivity index (χ4n) is 4.45. The number of aromatic nitrogens is 2. The average molecular weight is 474 g/mol. The van der Waals surface area contributed by atoms with Gasteiger partial charge in [0.1, 0.15) is 12.1 Å². The number of nitrogens with zero attached hydrogens (tertiary/aromatic N) is 4. The van der Waals surface area contributed by atoms with Crippen LogP contribution in [-0.4, -0.2) is 54.7 Å². The van der Waals surface area contributed by atoms with Crippen molar-refractivity contribution in [1.29, 1.82) is 0 Å². The van der Waals surface area contributed by atoms with Gasteiger partial charge in [-0.2, -0.15) is 0 Å². The summed E-state index contributed by atoms with van der Waals surface area (Å²) >= 11 is 1.71. The molecule has 4 aromatic rings. The molecule has 3 heterocycles. The van der Waals surface area contributed by atoms with Crippen molar-refractivity contribution in [2.24, 2.45) is 0 Å². The van der Waals surface area contributed by atoms with E-state index in [1.54, 1.807) is 24.8 Å². The van der Waals surface area contributed by atoms with Crippen LogP contribution in [0.3, 0.4) is 0 Å². The van der Waals surface area contributed by atoms with Crippen LogP contribution in [0.5, 0.6) is 5.75 Å². The van der Waals surface area contributed by atoms with Crippen LogP contribution in [-0.2, 0) is 12.8 Å². The van der Waals surface area contributed by atoms with E-state index in [1.165, 1.54) is 16.8 Å². The molecule has 2 aromatic carbocycles. The molecule has 0 atom stereocenters. The van der Waals surface area contributed by atoms with Gasteiger partial charge in [-0.3, -0.25) is 0 Å². The summed E-state index contributed by atoms with van der Waals surface area (Å²) in [6.45, 7) is 7.81. The van der Waals surface area contributed by atoms with Crippen LogP contribution < -0.4 is 15.0 Å². The first kappa shape index (κ1) is 22.6. The third-order valence-corrected chi connectivity index (χ3v) is 7.61. The lowest BCUT2D eigenvalue weighted by atomic mass is 10.1. The lowest BCUT2D eigenvalue weighted by molar-refractivity contribution is 0.271. The third-order valence-electron chi connectivity index (χ3n) is 6.58. The van der Waals surface area contributed by atoms with Crippen molar-refractivity contribution in [2.45, 2.75) is 19.8 Å². The quantitative estimate of drug-likeness (QED) is 0.371. The fraction of sp³-hybridized carbons (Fsp3) is 0.333. The number of benzene rings is 2. The third kappa shape index (κ3) is 5.00. The summed E-state index contributed by atoms with van der Waals surface area (Å²) < 4.78 is 6.36. The van der Waals surface area contributed by atoms with E-state index in [0.717, 1.165) is 73.0 Å². The van der Waals surface area contributed by atoms with Crippen LogP contribution in [0.2, 0.25) is 0 Å². The Morgan fingerprint density at radius 1 is 0.941 bits per heavy atom. The Labute approximate surface area is 205 Å².